The van der Waals surface area contributed by atoms with Crippen molar-refractivity contribution in [2.75, 3.05) is 18.9 Å². The Labute approximate surface area is 200 Å². The van der Waals surface area contributed by atoms with Crippen molar-refractivity contribution >= 4 is 26.7 Å². The molecule has 0 unspecified atom stereocenters. The summed E-state index contributed by atoms with van der Waals surface area (Å²) < 4.78 is 41.3. The largest absolute Gasteiger partial charge is 0.497 e. The molecule has 4 rings (SSSR count). The van der Waals surface area contributed by atoms with Crippen LogP contribution in [0, 0.1) is 0 Å². The molecule has 0 aliphatic heterocycles. The topological polar surface area (TPSA) is 82.5 Å². The van der Waals surface area contributed by atoms with Gasteiger partial charge in [-0.15, -0.1) is 0 Å². The molecule has 0 saturated carbocycles. The van der Waals surface area contributed by atoms with E-state index in [1.165, 1.54) is 20.3 Å². The number of rotatable bonds is 10. The van der Waals surface area contributed by atoms with E-state index in [2.05, 4.69) is 22.3 Å². The van der Waals surface area contributed by atoms with Crippen LogP contribution in [-0.2, 0) is 29.4 Å². The Hall–Kier alpha value is -3.52. The average molecular weight is 480 g/mol. The molecule has 1 N–H and O–H groups in total. The maximum Gasteiger partial charge on any atom is 0.265 e. The number of anilines is 1. The van der Waals surface area contributed by atoms with Gasteiger partial charge in [-0.1, -0.05) is 31.2 Å². The Bertz CT molecular complexity index is 1380. The lowest BCUT2D eigenvalue weighted by Crippen LogP contribution is -2.14. The molecule has 0 atom stereocenters. The van der Waals surface area contributed by atoms with E-state index in [9.17, 15) is 8.42 Å². The van der Waals surface area contributed by atoms with Crippen molar-refractivity contribution in [3.8, 4) is 11.5 Å². The third-order valence-corrected chi connectivity index (χ3v) is 7.09. The molecule has 0 amide bonds. The highest BCUT2D eigenvalue weighted by atomic mass is 32.2. The first kappa shape index (κ1) is 23.6. The van der Waals surface area contributed by atoms with Crippen molar-refractivity contribution in [3.05, 3.63) is 78.1 Å². The van der Waals surface area contributed by atoms with Gasteiger partial charge in [0, 0.05) is 24.7 Å². The van der Waals surface area contributed by atoms with Crippen molar-refractivity contribution in [2.45, 2.75) is 37.6 Å². The second-order valence-electron chi connectivity index (χ2n) is 7.99. The minimum absolute atomic E-state index is 0.0215. The number of sulfonamides is 1. The SMILES string of the molecule is CCCn1c(CCc2ccc(NS(=O)(=O)c3cc(OC)ccc3OC)cc2)nc2ccccc21. The Morgan fingerprint density at radius 3 is 2.41 bits per heavy atom. The normalized spacial score (nSPS) is 11.5. The van der Waals surface area contributed by atoms with Gasteiger partial charge in [-0.05, 0) is 54.8 Å². The molecule has 8 heteroatoms. The Morgan fingerprint density at radius 1 is 0.941 bits per heavy atom. The summed E-state index contributed by atoms with van der Waals surface area (Å²) in [5, 5.41) is 0. The summed E-state index contributed by atoms with van der Waals surface area (Å²) in [6.07, 6.45) is 2.66. The molecule has 0 spiro atoms. The van der Waals surface area contributed by atoms with Crippen molar-refractivity contribution in [3.63, 3.8) is 0 Å². The number of fused-ring (bicyclic) bond motifs is 1. The highest BCUT2D eigenvalue weighted by Gasteiger charge is 2.21. The zero-order valence-corrected chi connectivity index (χ0v) is 20.4. The molecule has 3 aromatic carbocycles. The zero-order valence-electron chi connectivity index (χ0n) is 19.6. The molecule has 1 heterocycles. The minimum Gasteiger partial charge on any atom is -0.497 e. The van der Waals surface area contributed by atoms with Gasteiger partial charge in [-0.3, -0.25) is 4.72 Å². The van der Waals surface area contributed by atoms with Crippen LogP contribution in [0.3, 0.4) is 0 Å². The summed E-state index contributed by atoms with van der Waals surface area (Å²) in [6.45, 7) is 3.10. The quantitative estimate of drug-likeness (QED) is 0.344. The summed E-state index contributed by atoms with van der Waals surface area (Å²) in [7, 11) is -0.929. The third-order valence-electron chi connectivity index (χ3n) is 5.68. The van der Waals surface area contributed by atoms with Crippen LogP contribution >= 0.6 is 0 Å². The maximum atomic E-state index is 13.0. The fourth-order valence-corrected chi connectivity index (χ4v) is 5.23. The van der Waals surface area contributed by atoms with Gasteiger partial charge in [-0.2, -0.15) is 0 Å². The molecular weight excluding hydrogens is 450 g/mol. The predicted octanol–water partition coefficient (Wildman–Crippen LogP) is 5.05. The molecule has 4 aromatic rings. The van der Waals surface area contributed by atoms with Crippen LogP contribution in [0.1, 0.15) is 24.7 Å². The lowest BCUT2D eigenvalue weighted by atomic mass is 10.1. The van der Waals surface area contributed by atoms with E-state index in [1.807, 2.05) is 30.3 Å². The number of imidazole rings is 1. The van der Waals surface area contributed by atoms with Crippen LogP contribution in [0.5, 0.6) is 11.5 Å². The van der Waals surface area contributed by atoms with E-state index in [0.29, 0.717) is 11.4 Å². The summed E-state index contributed by atoms with van der Waals surface area (Å²) >= 11 is 0. The lowest BCUT2D eigenvalue weighted by molar-refractivity contribution is 0.392. The van der Waals surface area contributed by atoms with Gasteiger partial charge in [0.15, 0.2) is 0 Å². The van der Waals surface area contributed by atoms with E-state index in [4.69, 9.17) is 14.5 Å². The molecule has 0 radical (unpaired) electrons. The van der Waals surface area contributed by atoms with Gasteiger partial charge >= 0.3 is 0 Å². The number of nitrogens with zero attached hydrogens (tertiary/aromatic N) is 2. The molecular formula is C26H29N3O4S. The number of aryl methyl sites for hydroxylation is 3. The minimum atomic E-state index is -3.85. The van der Waals surface area contributed by atoms with Crippen molar-refractivity contribution in [2.24, 2.45) is 0 Å². The number of aromatic nitrogens is 2. The molecule has 0 saturated heterocycles. The number of para-hydroxylation sites is 2. The first-order valence-corrected chi connectivity index (χ1v) is 12.7. The number of benzene rings is 3. The van der Waals surface area contributed by atoms with Crippen molar-refractivity contribution in [1.29, 1.82) is 0 Å². The molecule has 34 heavy (non-hydrogen) atoms. The number of nitrogens with one attached hydrogen (secondary N) is 1. The maximum absolute atomic E-state index is 13.0. The first-order valence-electron chi connectivity index (χ1n) is 11.2. The highest BCUT2D eigenvalue weighted by Crippen LogP contribution is 2.30. The van der Waals surface area contributed by atoms with Crippen molar-refractivity contribution < 1.29 is 17.9 Å². The van der Waals surface area contributed by atoms with Crippen LogP contribution in [0.2, 0.25) is 0 Å². The molecule has 0 aliphatic carbocycles. The molecule has 0 fully saturated rings. The molecule has 1 aromatic heterocycles. The van der Waals surface area contributed by atoms with Gasteiger partial charge in [0.2, 0.25) is 0 Å². The summed E-state index contributed by atoms with van der Waals surface area (Å²) in [5.74, 6) is 1.75. The van der Waals surface area contributed by atoms with Crippen LogP contribution in [0.15, 0.2) is 71.6 Å². The Morgan fingerprint density at radius 2 is 1.71 bits per heavy atom. The second kappa shape index (κ2) is 10.2. The lowest BCUT2D eigenvalue weighted by Gasteiger charge is -2.13. The van der Waals surface area contributed by atoms with Crippen LogP contribution in [0.25, 0.3) is 11.0 Å². The van der Waals surface area contributed by atoms with Gasteiger partial charge in [0.25, 0.3) is 10.0 Å². The summed E-state index contributed by atoms with van der Waals surface area (Å²) in [5.41, 5.74) is 3.77. The van der Waals surface area contributed by atoms with E-state index in [1.54, 1.807) is 24.3 Å². The Kier molecular flexibility index (Phi) is 7.07. The fraction of sp³-hybridized carbons (Fsp3) is 0.269. The van der Waals surface area contributed by atoms with E-state index in [0.717, 1.165) is 48.2 Å². The Balaban J connectivity index is 1.48. The monoisotopic (exact) mass is 479 g/mol. The summed E-state index contributed by atoms with van der Waals surface area (Å²) in [6, 6.07) is 20.3. The van der Waals surface area contributed by atoms with Gasteiger partial charge < -0.3 is 14.0 Å². The van der Waals surface area contributed by atoms with Crippen LogP contribution in [-0.4, -0.2) is 32.2 Å². The third kappa shape index (κ3) is 5.02. The van der Waals surface area contributed by atoms with Gasteiger partial charge in [0.1, 0.15) is 22.2 Å². The van der Waals surface area contributed by atoms with Crippen LogP contribution in [0.4, 0.5) is 5.69 Å². The first-order chi connectivity index (χ1) is 16.4. The highest BCUT2D eigenvalue weighted by molar-refractivity contribution is 7.92. The second-order valence-corrected chi connectivity index (χ2v) is 9.64. The molecule has 7 nitrogen and oxygen atoms in total. The number of methoxy groups -OCH3 is 2. The average Bonchev–Trinajstić information content (AvgIpc) is 3.20. The molecule has 0 aliphatic rings. The van der Waals surface area contributed by atoms with E-state index in [-0.39, 0.29) is 10.6 Å². The smallest absolute Gasteiger partial charge is 0.265 e. The number of hydrogen-bond acceptors (Lipinski definition) is 5. The zero-order chi connectivity index (χ0) is 24.1. The molecule has 0 bridgehead atoms. The van der Waals surface area contributed by atoms with Crippen LogP contribution < -0.4 is 14.2 Å². The fourth-order valence-electron chi connectivity index (χ4n) is 3.99. The summed E-state index contributed by atoms with van der Waals surface area (Å²) in [4.78, 5) is 4.85. The standard InChI is InChI=1S/C26H29N3O4S/c1-4-17-29-23-8-6-5-7-22(23)27-26(29)16-11-19-9-12-20(13-10-19)28-34(30,31)25-18-21(32-2)14-15-24(25)33-3/h5-10,12-15,18,28H,4,11,16-17H2,1-3H3. The number of ether oxygens (including phenoxy) is 2. The van der Waals surface area contributed by atoms with Gasteiger partial charge in [0.05, 0.1) is 25.3 Å². The van der Waals surface area contributed by atoms with Crippen molar-refractivity contribution in [1.82, 2.24) is 9.55 Å². The number of hydrogen-bond donors (Lipinski definition) is 1. The van der Waals surface area contributed by atoms with E-state index >= 15 is 0 Å². The predicted molar refractivity (Wildman–Crippen MR) is 134 cm³/mol. The molecule has 178 valence electrons. The van der Waals surface area contributed by atoms with Gasteiger partial charge in [-0.25, -0.2) is 13.4 Å². The van der Waals surface area contributed by atoms with E-state index < -0.39 is 10.0 Å².